The molecule has 13 heavy (non-hydrogen) atoms. The van der Waals surface area contributed by atoms with E-state index >= 15 is 0 Å². The Morgan fingerprint density at radius 3 is 2.69 bits per heavy atom. The van der Waals surface area contributed by atoms with Crippen molar-refractivity contribution < 1.29 is 5.11 Å². The maximum atomic E-state index is 8.59. The Morgan fingerprint density at radius 2 is 2.08 bits per heavy atom. The molecule has 0 amide bonds. The van der Waals surface area contributed by atoms with Crippen LogP contribution in [0.4, 0.5) is 0 Å². The lowest BCUT2D eigenvalue weighted by Crippen LogP contribution is -1.89. The maximum absolute atomic E-state index is 8.59. The van der Waals surface area contributed by atoms with Crippen LogP contribution in [-0.2, 0) is 0 Å². The molecule has 1 N–H and O–H groups in total. The third-order valence-electron chi connectivity index (χ3n) is 1.58. The van der Waals surface area contributed by atoms with Gasteiger partial charge in [-0.2, -0.15) is 0 Å². The zero-order valence-corrected chi connectivity index (χ0v) is 8.50. The molecule has 70 valence electrons. The number of rotatable bonds is 4. The first kappa shape index (κ1) is 10.4. The topological polar surface area (TPSA) is 20.2 Å². The van der Waals surface area contributed by atoms with Gasteiger partial charge in [0.05, 0.1) is 6.61 Å². The fourth-order valence-electron chi connectivity index (χ4n) is 1.01. The Labute approximate surface area is 83.5 Å². The van der Waals surface area contributed by atoms with Crippen LogP contribution < -0.4 is 0 Å². The predicted molar refractivity (Wildman–Crippen MR) is 58.0 cm³/mol. The fourth-order valence-corrected chi connectivity index (χ4v) is 1.94. The minimum Gasteiger partial charge on any atom is -0.392 e. The lowest BCUT2D eigenvalue weighted by atomic mass is 10.4. The minimum absolute atomic E-state index is 0.125. The Hall–Kier alpha value is -0.730. The minimum atomic E-state index is 0.125. The molecule has 1 nitrogen and oxygen atoms in total. The number of hydrogen-bond donors (Lipinski definition) is 1. The highest BCUT2D eigenvalue weighted by molar-refractivity contribution is 8.00. The summed E-state index contributed by atoms with van der Waals surface area (Å²) in [5, 5.41) is 9.00. The second-order valence-electron chi connectivity index (χ2n) is 2.75. The van der Waals surface area contributed by atoms with Crippen LogP contribution in [0.5, 0.6) is 0 Å². The number of hydrogen-bond acceptors (Lipinski definition) is 2. The van der Waals surface area contributed by atoms with Crippen molar-refractivity contribution in [3.8, 4) is 0 Å². The van der Waals surface area contributed by atoms with E-state index in [1.807, 2.05) is 24.3 Å². The van der Waals surface area contributed by atoms with Gasteiger partial charge in [-0.05, 0) is 19.1 Å². The van der Waals surface area contributed by atoms with Crippen molar-refractivity contribution in [2.45, 2.75) is 17.1 Å². The Balaban J connectivity index is 2.45. The van der Waals surface area contributed by atoms with Gasteiger partial charge in [0.2, 0.25) is 0 Å². The van der Waals surface area contributed by atoms with Gasteiger partial charge in [-0.25, -0.2) is 0 Å². The fraction of sp³-hybridized carbons (Fsp3) is 0.273. The maximum Gasteiger partial charge on any atom is 0.0612 e. The normalized spacial score (nSPS) is 13.4. The second kappa shape index (κ2) is 5.84. The van der Waals surface area contributed by atoms with Crippen molar-refractivity contribution in [2.24, 2.45) is 0 Å². The van der Waals surface area contributed by atoms with Crippen LogP contribution in [0.2, 0.25) is 0 Å². The van der Waals surface area contributed by atoms with E-state index < -0.39 is 0 Å². The predicted octanol–water partition coefficient (Wildman–Crippen LogP) is 2.72. The van der Waals surface area contributed by atoms with Gasteiger partial charge in [0, 0.05) is 10.1 Å². The molecule has 2 heteroatoms. The molecule has 1 rings (SSSR count). The summed E-state index contributed by atoms with van der Waals surface area (Å²) in [7, 11) is 0. The highest BCUT2D eigenvalue weighted by Gasteiger charge is 1.98. The molecule has 0 unspecified atom stereocenters. The van der Waals surface area contributed by atoms with Gasteiger partial charge in [-0.15, -0.1) is 11.8 Å². The smallest absolute Gasteiger partial charge is 0.0612 e. The lowest BCUT2D eigenvalue weighted by molar-refractivity contribution is 0.342. The molecule has 0 saturated carbocycles. The van der Waals surface area contributed by atoms with Crippen LogP contribution >= 0.6 is 11.8 Å². The van der Waals surface area contributed by atoms with Crippen LogP contribution in [0.1, 0.15) is 6.92 Å². The van der Waals surface area contributed by atoms with Crippen LogP contribution in [0.3, 0.4) is 0 Å². The summed E-state index contributed by atoms with van der Waals surface area (Å²) in [6.45, 7) is 2.24. The third kappa shape index (κ3) is 4.15. The summed E-state index contributed by atoms with van der Waals surface area (Å²) in [5.41, 5.74) is 0. The molecule has 0 bridgehead atoms. The van der Waals surface area contributed by atoms with Crippen molar-refractivity contribution in [1.29, 1.82) is 0 Å². The standard InChI is InChI=1S/C11H14OS/c1-10(6-5-9-12)13-11-7-3-2-4-8-11/h2-8,10,12H,9H2,1H3/b6-5+/t10-/m1/s1. The van der Waals surface area contributed by atoms with E-state index in [1.165, 1.54) is 4.90 Å². The van der Waals surface area contributed by atoms with Crippen molar-refractivity contribution in [3.05, 3.63) is 42.5 Å². The van der Waals surface area contributed by atoms with Crippen molar-refractivity contribution in [3.63, 3.8) is 0 Å². The summed E-state index contributed by atoms with van der Waals surface area (Å²) in [5.74, 6) is 0. The quantitative estimate of drug-likeness (QED) is 0.587. The average Bonchev–Trinajstić information content (AvgIpc) is 2.16. The van der Waals surface area contributed by atoms with Crippen LogP contribution in [-0.4, -0.2) is 17.0 Å². The summed E-state index contributed by atoms with van der Waals surface area (Å²) in [4.78, 5) is 1.26. The van der Waals surface area contributed by atoms with Gasteiger partial charge in [0.1, 0.15) is 0 Å². The van der Waals surface area contributed by atoms with Crippen LogP contribution in [0, 0.1) is 0 Å². The summed E-state index contributed by atoms with van der Waals surface area (Å²) in [6.07, 6.45) is 3.79. The number of benzene rings is 1. The van der Waals surface area contributed by atoms with E-state index in [1.54, 1.807) is 17.8 Å². The molecule has 1 aromatic rings. The zero-order valence-electron chi connectivity index (χ0n) is 7.68. The summed E-state index contributed by atoms with van der Waals surface area (Å²) < 4.78 is 0. The number of aliphatic hydroxyl groups excluding tert-OH is 1. The molecular weight excluding hydrogens is 180 g/mol. The highest BCUT2D eigenvalue weighted by Crippen LogP contribution is 2.22. The van der Waals surface area contributed by atoms with E-state index in [9.17, 15) is 0 Å². The van der Waals surface area contributed by atoms with Crippen LogP contribution in [0.25, 0.3) is 0 Å². The largest absolute Gasteiger partial charge is 0.392 e. The lowest BCUT2D eigenvalue weighted by Gasteiger charge is -2.04. The molecule has 0 aromatic heterocycles. The third-order valence-corrected chi connectivity index (χ3v) is 2.65. The molecule has 0 fully saturated rings. The Kier molecular flexibility index (Phi) is 4.65. The summed E-state index contributed by atoms with van der Waals surface area (Å²) >= 11 is 1.79. The first-order valence-corrected chi connectivity index (χ1v) is 5.20. The highest BCUT2D eigenvalue weighted by atomic mass is 32.2. The van der Waals surface area contributed by atoms with Gasteiger partial charge in [-0.3, -0.25) is 0 Å². The molecular formula is C11H14OS. The van der Waals surface area contributed by atoms with E-state index in [2.05, 4.69) is 19.1 Å². The van der Waals surface area contributed by atoms with Crippen molar-refractivity contribution >= 4 is 11.8 Å². The molecule has 0 heterocycles. The molecule has 0 spiro atoms. The molecule has 0 aliphatic rings. The van der Waals surface area contributed by atoms with Gasteiger partial charge < -0.3 is 5.11 Å². The van der Waals surface area contributed by atoms with E-state index in [0.29, 0.717) is 5.25 Å². The second-order valence-corrected chi connectivity index (χ2v) is 4.20. The number of aliphatic hydroxyl groups is 1. The molecule has 1 atom stereocenters. The average molecular weight is 194 g/mol. The number of thioether (sulfide) groups is 1. The molecule has 0 saturated heterocycles. The van der Waals surface area contributed by atoms with Crippen molar-refractivity contribution in [2.75, 3.05) is 6.61 Å². The first-order chi connectivity index (χ1) is 6.33. The SMILES string of the molecule is C[C@H](/C=C/CO)Sc1ccccc1. The van der Waals surface area contributed by atoms with Gasteiger partial charge in [0.15, 0.2) is 0 Å². The Morgan fingerprint density at radius 1 is 1.38 bits per heavy atom. The molecule has 0 aliphatic carbocycles. The monoisotopic (exact) mass is 194 g/mol. The zero-order chi connectivity index (χ0) is 9.52. The van der Waals surface area contributed by atoms with Gasteiger partial charge in [-0.1, -0.05) is 30.4 Å². The van der Waals surface area contributed by atoms with Crippen LogP contribution in [0.15, 0.2) is 47.4 Å². The van der Waals surface area contributed by atoms with Crippen molar-refractivity contribution in [1.82, 2.24) is 0 Å². The summed E-state index contributed by atoms with van der Waals surface area (Å²) in [6, 6.07) is 10.3. The van der Waals surface area contributed by atoms with E-state index in [0.717, 1.165) is 0 Å². The molecule has 1 aromatic carbocycles. The molecule has 0 aliphatic heterocycles. The van der Waals surface area contributed by atoms with Gasteiger partial charge >= 0.3 is 0 Å². The van der Waals surface area contributed by atoms with E-state index in [4.69, 9.17) is 5.11 Å². The molecule has 0 radical (unpaired) electrons. The first-order valence-electron chi connectivity index (χ1n) is 4.32. The van der Waals surface area contributed by atoms with E-state index in [-0.39, 0.29) is 6.61 Å². The Bertz CT molecular complexity index is 256. The van der Waals surface area contributed by atoms with Gasteiger partial charge in [0.25, 0.3) is 0 Å².